The van der Waals surface area contributed by atoms with Gasteiger partial charge in [0.05, 0.1) is 16.8 Å². The van der Waals surface area contributed by atoms with E-state index in [1.165, 1.54) is 37.4 Å². The minimum atomic E-state index is -4.60. The van der Waals surface area contributed by atoms with E-state index in [0.29, 0.717) is 0 Å². The third-order valence-electron chi connectivity index (χ3n) is 4.57. The van der Waals surface area contributed by atoms with Crippen LogP contribution in [0.3, 0.4) is 0 Å². The molecule has 2 aromatic heterocycles. The van der Waals surface area contributed by atoms with E-state index in [1.807, 2.05) is 0 Å². The van der Waals surface area contributed by atoms with Gasteiger partial charge in [-0.05, 0) is 36.4 Å². The Labute approximate surface area is 189 Å². The molecule has 34 heavy (non-hydrogen) atoms. The molecule has 12 heteroatoms. The molecule has 0 aliphatic carbocycles. The summed E-state index contributed by atoms with van der Waals surface area (Å²) in [4.78, 5) is 27.7. The van der Waals surface area contributed by atoms with E-state index in [9.17, 15) is 27.2 Å². The highest BCUT2D eigenvalue weighted by Gasteiger charge is 2.31. The van der Waals surface area contributed by atoms with Gasteiger partial charge < -0.3 is 15.4 Å². The summed E-state index contributed by atoms with van der Waals surface area (Å²) >= 11 is 0. The summed E-state index contributed by atoms with van der Waals surface area (Å²) in [5.41, 5.74) is -1.27. The molecule has 0 atom stereocenters. The Bertz CT molecular complexity index is 1400. The standard InChI is InChI=1S/C22H15F4N5O3/c1-11(32)28-19-10-14(6-7-27-19)34-13-3-5-18(16(23)9-13)29-21(33)20-15-8-12(22(24,25)26)2-4-17(15)30-31-20/h2-10H,1H3,(H,29,33)(H,30,31)(H,27,28,32). The average molecular weight is 473 g/mol. The topological polar surface area (TPSA) is 109 Å². The number of hydrogen-bond acceptors (Lipinski definition) is 5. The molecule has 0 aliphatic heterocycles. The molecule has 2 amide bonds. The van der Waals surface area contributed by atoms with Crippen LogP contribution in [-0.2, 0) is 11.0 Å². The first-order valence-electron chi connectivity index (χ1n) is 9.68. The minimum absolute atomic E-state index is 0.0552. The van der Waals surface area contributed by atoms with Crippen molar-refractivity contribution in [2.45, 2.75) is 13.1 Å². The second kappa shape index (κ2) is 8.81. The number of benzene rings is 2. The van der Waals surface area contributed by atoms with Crippen LogP contribution in [0.15, 0.2) is 54.7 Å². The number of nitrogens with zero attached hydrogens (tertiary/aromatic N) is 2. The monoisotopic (exact) mass is 473 g/mol. The van der Waals surface area contributed by atoms with Gasteiger partial charge in [-0.25, -0.2) is 9.37 Å². The van der Waals surface area contributed by atoms with Crippen molar-refractivity contribution in [2.75, 3.05) is 10.6 Å². The number of hydrogen-bond donors (Lipinski definition) is 3. The lowest BCUT2D eigenvalue weighted by atomic mass is 10.1. The van der Waals surface area contributed by atoms with E-state index in [1.54, 1.807) is 0 Å². The van der Waals surface area contributed by atoms with E-state index in [2.05, 4.69) is 25.8 Å². The number of aromatic nitrogens is 3. The summed E-state index contributed by atoms with van der Waals surface area (Å²) in [5.74, 6) is -1.46. The fraction of sp³-hybridized carbons (Fsp3) is 0.0909. The average Bonchev–Trinajstić information content (AvgIpc) is 3.18. The van der Waals surface area contributed by atoms with Crippen LogP contribution in [0.25, 0.3) is 10.9 Å². The van der Waals surface area contributed by atoms with Crippen molar-refractivity contribution in [3.8, 4) is 11.5 Å². The number of fused-ring (bicyclic) bond motifs is 1. The number of nitrogens with one attached hydrogen (secondary N) is 3. The number of halogens is 4. The number of ether oxygens (including phenoxy) is 1. The van der Waals surface area contributed by atoms with Gasteiger partial charge in [0.1, 0.15) is 23.1 Å². The van der Waals surface area contributed by atoms with E-state index >= 15 is 0 Å². The Morgan fingerprint density at radius 2 is 1.76 bits per heavy atom. The Balaban J connectivity index is 1.52. The van der Waals surface area contributed by atoms with Crippen LogP contribution < -0.4 is 15.4 Å². The second-order valence-electron chi connectivity index (χ2n) is 7.09. The van der Waals surface area contributed by atoms with Gasteiger partial charge in [-0.3, -0.25) is 14.7 Å². The lowest BCUT2D eigenvalue weighted by Crippen LogP contribution is -2.14. The van der Waals surface area contributed by atoms with Crippen LogP contribution in [0.5, 0.6) is 11.5 Å². The quantitative estimate of drug-likeness (QED) is 0.349. The van der Waals surface area contributed by atoms with Gasteiger partial charge in [0.25, 0.3) is 5.91 Å². The van der Waals surface area contributed by atoms with Crippen LogP contribution >= 0.6 is 0 Å². The molecule has 0 saturated heterocycles. The molecular weight excluding hydrogens is 458 g/mol. The SMILES string of the molecule is CC(=O)Nc1cc(Oc2ccc(NC(=O)c3n[nH]c4ccc(C(F)(F)F)cc34)c(F)c2)ccn1. The maximum Gasteiger partial charge on any atom is 0.416 e. The van der Waals surface area contributed by atoms with Crippen molar-refractivity contribution in [3.63, 3.8) is 0 Å². The van der Waals surface area contributed by atoms with Crippen molar-refractivity contribution >= 4 is 34.2 Å². The molecule has 0 bridgehead atoms. The van der Waals surface area contributed by atoms with Gasteiger partial charge in [0, 0.05) is 30.6 Å². The molecule has 4 aromatic rings. The maximum absolute atomic E-state index is 14.6. The summed E-state index contributed by atoms with van der Waals surface area (Å²) in [6, 6.07) is 9.37. The predicted octanol–water partition coefficient (Wildman–Crippen LogP) is 5.12. The first-order valence-corrected chi connectivity index (χ1v) is 9.68. The minimum Gasteiger partial charge on any atom is -0.457 e. The van der Waals surface area contributed by atoms with Crippen molar-refractivity contribution in [2.24, 2.45) is 0 Å². The number of carbonyl (C=O) groups excluding carboxylic acids is 2. The highest BCUT2D eigenvalue weighted by atomic mass is 19.4. The molecule has 8 nitrogen and oxygen atoms in total. The molecule has 0 spiro atoms. The largest absolute Gasteiger partial charge is 0.457 e. The van der Waals surface area contributed by atoms with Gasteiger partial charge in [-0.2, -0.15) is 18.3 Å². The smallest absolute Gasteiger partial charge is 0.416 e. The van der Waals surface area contributed by atoms with Gasteiger partial charge in [-0.15, -0.1) is 0 Å². The molecule has 0 aliphatic rings. The Hall–Kier alpha value is -4.48. The fourth-order valence-corrected chi connectivity index (χ4v) is 3.07. The van der Waals surface area contributed by atoms with Crippen molar-refractivity contribution in [1.29, 1.82) is 0 Å². The number of carbonyl (C=O) groups is 2. The van der Waals surface area contributed by atoms with Crippen LogP contribution in [0, 0.1) is 5.82 Å². The Kier molecular flexibility index (Phi) is 5.88. The molecule has 0 saturated carbocycles. The number of pyridine rings is 1. The molecule has 2 heterocycles. The third-order valence-corrected chi connectivity index (χ3v) is 4.57. The molecule has 0 fully saturated rings. The number of anilines is 2. The van der Waals surface area contributed by atoms with Crippen molar-refractivity contribution in [1.82, 2.24) is 15.2 Å². The summed E-state index contributed by atoms with van der Waals surface area (Å²) in [5, 5.41) is 11.0. The third kappa shape index (κ3) is 4.95. The van der Waals surface area contributed by atoms with Gasteiger partial charge in [0.15, 0.2) is 5.69 Å². The first-order chi connectivity index (χ1) is 16.1. The highest BCUT2D eigenvalue weighted by Crippen LogP contribution is 2.32. The zero-order valence-electron chi connectivity index (χ0n) is 17.3. The fourth-order valence-electron chi connectivity index (χ4n) is 3.07. The number of alkyl halides is 3. The summed E-state index contributed by atoms with van der Waals surface area (Å²) in [7, 11) is 0. The predicted molar refractivity (Wildman–Crippen MR) is 114 cm³/mol. The maximum atomic E-state index is 14.6. The number of H-pyrrole nitrogens is 1. The van der Waals surface area contributed by atoms with Crippen LogP contribution in [0.2, 0.25) is 0 Å². The zero-order chi connectivity index (χ0) is 24.5. The van der Waals surface area contributed by atoms with E-state index in [-0.39, 0.29) is 45.5 Å². The summed E-state index contributed by atoms with van der Waals surface area (Å²) in [6.07, 6.45) is -3.21. The lowest BCUT2D eigenvalue weighted by molar-refractivity contribution is -0.137. The second-order valence-corrected chi connectivity index (χ2v) is 7.09. The lowest BCUT2D eigenvalue weighted by Gasteiger charge is -2.10. The molecule has 3 N–H and O–H groups in total. The van der Waals surface area contributed by atoms with E-state index < -0.39 is 23.5 Å². The van der Waals surface area contributed by atoms with E-state index in [0.717, 1.165) is 24.3 Å². The molecule has 0 unspecified atom stereocenters. The van der Waals surface area contributed by atoms with Crippen molar-refractivity contribution in [3.05, 3.63) is 71.8 Å². The molecule has 174 valence electrons. The van der Waals surface area contributed by atoms with Crippen LogP contribution in [0.1, 0.15) is 23.0 Å². The van der Waals surface area contributed by atoms with Crippen molar-refractivity contribution < 1.29 is 31.9 Å². The van der Waals surface area contributed by atoms with Gasteiger partial charge in [-0.1, -0.05) is 0 Å². The molecule has 0 radical (unpaired) electrons. The van der Waals surface area contributed by atoms with E-state index in [4.69, 9.17) is 4.74 Å². The number of aromatic amines is 1. The van der Waals surface area contributed by atoms with Gasteiger partial charge in [0.2, 0.25) is 5.91 Å². The Morgan fingerprint density at radius 3 is 2.47 bits per heavy atom. The van der Waals surface area contributed by atoms with Gasteiger partial charge >= 0.3 is 6.18 Å². The first kappa shape index (κ1) is 22.7. The molecule has 2 aromatic carbocycles. The molecular formula is C22H15F4N5O3. The zero-order valence-corrected chi connectivity index (χ0v) is 17.3. The van der Waals surface area contributed by atoms with Crippen LogP contribution in [0.4, 0.5) is 29.1 Å². The molecule has 4 rings (SSSR count). The normalized spacial score (nSPS) is 11.3. The summed E-state index contributed by atoms with van der Waals surface area (Å²) in [6.45, 7) is 1.32. The Morgan fingerprint density at radius 1 is 1.00 bits per heavy atom. The summed E-state index contributed by atoms with van der Waals surface area (Å²) < 4.78 is 59.2. The number of amides is 2. The number of rotatable bonds is 5. The highest BCUT2D eigenvalue weighted by molar-refractivity contribution is 6.11. The van der Waals surface area contributed by atoms with Crippen LogP contribution in [-0.4, -0.2) is 27.0 Å².